The fourth-order valence-electron chi connectivity index (χ4n) is 8.97. The summed E-state index contributed by atoms with van der Waals surface area (Å²) in [7, 11) is 1.67. The molecule has 2 aromatic carbocycles. The molecule has 0 bridgehead atoms. The molecule has 0 unspecified atom stereocenters. The molecule has 2 saturated carbocycles. The molecular weight excluding hydrogens is 873 g/mol. The van der Waals surface area contributed by atoms with Gasteiger partial charge in [0.1, 0.15) is 0 Å². The van der Waals surface area contributed by atoms with E-state index in [0.717, 1.165) is 64.6 Å². The maximum atomic E-state index is 5.71. The molecule has 1 saturated heterocycles. The molecule has 3 fully saturated rings. The zero-order valence-electron chi connectivity index (χ0n) is 39.2. The van der Waals surface area contributed by atoms with E-state index in [2.05, 4.69) is 103 Å². The highest BCUT2D eigenvalue weighted by Gasteiger charge is 2.46. The fourth-order valence-corrected chi connectivity index (χ4v) is 8.97. The number of hydrogen-bond donors (Lipinski definition) is 2. The number of anilines is 2. The van der Waals surface area contributed by atoms with Crippen molar-refractivity contribution in [1.82, 2.24) is 59.8 Å². The van der Waals surface area contributed by atoms with Gasteiger partial charge in [0.25, 0.3) is 11.8 Å². The van der Waals surface area contributed by atoms with Crippen molar-refractivity contribution in [3.8, 4) is 45.2 Å². The van der Waals surface area contributed by atoms with E-state index in [1.54, 1.807) is 44.3 Å². The minimum atomic E-state index is -0.345. The summed E-state index contributed by atoms with van der Waals surface area (Å²) in [4.78, 5) is 26.0. The number of nitrogens with two attached hydrogens (primary N) is 2. The molecular formula is C51H62N14O4. The largest absolute Gasteiger partial charge is 0.383 e. The zero-order valence-corrected chi connectivity index (χ0v) is 39.2. The number of hydrogen-bond acceptors (Lipinski definition) is 16. The Kier molecular flexibility index (Phi) is 14.7. The van der Waals surface area contributed by atoms with E-state index in [1.165, 1.54) is 18.4 Å². The average molecular weight is 935 g/mol. The van der Waals surface area contributed by atoms with E-state index in [9.17, 15) is 0 Å². The third-order valence-electron chi connectivity index (χ3n) is 13.9. The maximum absolute atomic E-state index is 5.71. The monoisotopic (exact) mass is 935 g/mol. The molecule has 3 aliphatic rings. The van der Waals surface area contributed by atoms with E-state index in [4.69, 9.17) is 40.0 Å². The molecule has 8 aromatic rings. The normalized spacial score (nSPS) is 16.5. The van der Waals surface area contributed by atoms with Gasteiger partial charge in [-0.15, -0.1) is 0 Å². The molecule has 11 rings (SSSR count). The number of aromatic nitrogens is 12. The predicted molar refractivity (Wildman–Crippen MR) is 262 cm³/mol. The minimum absolute atomic E-state index is 0. The Labute approximate surface area is 402 Å². The van der Waals surface area contributed by atoms with Crippen molar-refractivity contribution in [1.29, 1.82) is 0 Å². The molecule has 0 amide bonds. The van der Waals surface area contributed by atoms with Crippen molar-refractivity contribution >= 4 is 11.9 Å². The van der Waals surface area contributed by atoms with Crippen molar-refractivity contribution in [3.63, 3.8) is 0 Å². The van der Waals surface area contributed by atoms with Crippen molar-refractivity contribution in [2.45, 2.75) is 97.1 Å². The molecule has 2 aliphatic carbocycles. The van der Waals surface area contributed by atoms with Gasteiger partial charge in [0.2, 0.25) is 11.9 Å². The van der Waals surface area contributed by atoms with Crippen molar-refractivity contribution in [2.75, 3.05) is 38.4 Å². The second-order valence-electron chi connectivity index (χ2n) is 17.7. The number of methoxy groups -OCH3 is 1. The van der Waals surface area contributed by atoms with E-state index < -0.39 is 0 Å². The number of rotatable bonds is 14. The Morgan fingerprint density at radius 2 is 1.06 bits per heavy atom. The van der Waals surface area contributed by atoms with Crippen LogP contribution in [0, 0.1) is 11.8 Å². The Balaban J connectivity index is 0.000000177. The highest BCUT2D eigenvalue weighted by atomic mass is 16.5. The predicted octanol–water partition coefficient (Wildman–Crippen LogP) is 9.04. The van der Waals surface area contributed by atoms with Gasteiger partial charge in [-0.25, -0.2) is 19.9 Å². The molecule has 1 aliphatic heterocycles. The van der Waals surface area contributed by atoms with Crippen LogP contribution in [0.2, 0.25) is 0 Å². The van der Waals surface area contributed by atoms with Crippen LogP contribution < -0.4 is 11.5 Å². The SMILES string of the molecule is C.CC.COCCn1cc(-c2nc([C@@](C)(c3ccc(-c4cnc(N)nc4)cc3)C3CCC3)no2)cn1.C[C@@](c1ccc(-c2cnc(N)nc2)cc1)(c1noc(-c2cnn(C3COC3)c2)n1)C1CCC1. The average Bonchev–Trinajstić information content (AvgIpc) is 4.17. The highest BCUT2D eigenvalue weighted by molar-refractivity contribution is 5.64. The lowest BCUT2D eigenvalue weighted by Gasteiger charge is -2.41. The molecule has 4 N–H and O–H groups in total. The van der Waals surface area contributed by atoms with Crippen LogP contribution in [0.4, 0.5) is 11.9 Å². The lowest BCUT2D eigenvalue weighted by atomic mass is 9.62. The van der Waals surface area contributed by atoms with Gasteiger partial charge in [0.15, 0.2) is 11.6 Å². The number of ether oxygens (including phenoxy) is 2. The van der Waals surface area contributed by atoms with Gasteiger partial charge >= 0.3 is 0 Å². The van der Waals surface area contributed by atoms with Crippen molar-refractivity contribution in [3.05, 3.63) is 121 Å². The van der Waals surface area contributed by atoms with Crippen LogP contribution >= 0.6 is 0 Å². The molecule has 0 radical (unpaired) electrons. The van der Waals surface area contributed by atoms with E-state index in [-0.39, 0.29) is 36.2 Å². The van der Waals surface area contributed by atoms with E-state index in [0.29, 0.717) is 61.6 Å². The first kappa shape index (κ1) is 48.3. The van der Waals surface area contributed by atoms with Crippen LogP contribution in [0.15, 0.2) is 107 Å². The van der Waals surface area contributed by atoms with Gasteiger partial charge in [-0.1, -0.05) is 93.0 Å². The molecule has 18 heteroatoms. The van der Waals surface area contributed by atoms with Gasteiger partial charge in [-0.3, -0.25) is 9.36 Å². The topological polar surface area (TPSA) is 236 Å². The Morgan fingerprint density at radius 3 is 1.46 bits per heavy atom. The molecule has 18 nitrogen and oxygen atoms in total. The quantitative estimate of drug-likeness (QED) is 0.103. The Hall–Kier alpha value is -7.18. The van der Waals surface area contributed by atoms with Crippen molar-refractivity contribution < 1.29 is 18.5 Å². The first-order valence-electron chi connectivity index (χ1n) is 23.4. The first-order chi connectivity index (χ1) is 33.2. The molecule has 7 heterocycles. The van der Waals surface area contributed by atoms with Crippen LogP contribution in [0.3, 0.4) is 0 Å². The summed E-state index contributed by atoms with van der Waals surface area (Å²) in [6, 6.07) is 17.2. The second-order valence-corrected chi connectivity index (χ2v) is 17.7. The molecule has 69 heavy (non-hydrogen) atoms. The summed E-state index contributed by atoms with van der Waals surface area (Å²) in [6.45, 7) is 11.1. The van der Waals surface area contributed by atoms with Crippen LogP contribution in [-0.4, -0.2) is 86.7 Å². The number of nitrogen functional groups attached to an aromatic ring is 2. The van der Waals surface area contributed by atoms with Gasteiger partial charge in [0.05, 0.1) is 66.8 Å². The van der Waals surface area contributed by atoms with Gasteiger partial charge in [0, 0.05) is 55.4 Å². The van der Waals surface area contributed by atoms with Gasteiger partial charge in [-0.2, -0.15) is 20.2 Å². The summed E-state index contributed by atoms with van der Waals surface area (Å²) >= 11 is 0. The van der Waals surface area contributed by atoms with Crippen LogP contribution in [-0.2, 0) is 26.8 Å². The van der Waals surface area contributed by atoms with Gasteiger partial charge < -0.3 is 30.0 Å². The Morgan fingerprint density at radius 1 is 0.609 bits per heavy atom. The standard InChI is InChI=1S/C24H25N7O2.C24H27N7O2.C2H6.CH4/c1-24(18-3-2-4-18,19-7-5-15(6-8-19)16-9-26-23(25)27-10-16)22-29-21(33-30-22)17-11-28-31(12-17)20-13-32-14-20;1-24(19-4-3-5-19,20-8-6-16(7-9-20)17-12-26-23(25)27-13-17)22-29-21(33-30-22)18-14-28-31(15-18)10-11-32-2;1-2;/h5-12,18,20H,2-4,13-14H2,1H3,(H2,25,26,27);6-9,12-15,19H,3-5,10-11H2,1-2H3,(H2,25,26,27);1-2H3;1H4/t2*24-;;/m11../s1. The van der Waals surface area contributed by atoms with Crippen LogP contribution in [0.5, 0.6) is 0 Å². The smallest absolute Gasteiger partial charge is 0.261 e. The lowest BCUT2D eigenvalue weighted by molar-refractivity contribution is -0.0286. The summed E-state index contributed by atoms with van der Waals surface area (Å²) in [5, 5.41) is 17.7. The van der Waals surface area contributed by atoms with Crippen molar-refractivity contribution in [2.24, 2.45) is 11.8 Å². The maximum Gasteiger partial charge on any atom is 0.261 e. The lowest BCUT2D eigenvalue weighted by Crippen LogP contribution is -2.38. The molecule has 360 valence electrons. The summed E-state index contributed by atoms with van der Waals surface area (Å²) in [5.74, 6) is 3.85. The summed E-state index contributed by atoms with van der Waals surface area (Å²) in [5.41, 5.74) is 18.4. The molecule has 2 atom stereocenters. The zero-order chi connectivity index (χ0) is 47.3. The fraction of sp³-hybridized carbons (Fsp3) is 0.412. The van der Waals surface area contributed by atoms with E-state index >= 15 is 0 Å². The first-order valence-corrected chi connectivity index (χ1v) is 23.4. The number of benzene rings is 2. The minimum Gasteiger partial charge on any atom is -0.383 e. The summed E-state index contributed by atoms with van der Waals surface area (Å²) < 4.78 is 25.5. The molecule has 6 aromatic heterocycles. The highest BCUT2D eigenvalue weighted by Crippen LogP contribution is 2.49. The Bertz CT molecular complexity index is 2860. The van der Waals surface area contributed by atoms with Crippen LogP contribution in [0.1, 0.15) is 102 Å². The van der Waals surface area contributed by atoms with Gasteiger partial charge in [-0.05, 0) is 73.6 Å². The molecule has 0 spiro atoms. The second kappa shape index (κ2) is 21.0. The third kappa shape index (κ3) is 9.76. The number of nitrogens with zero attached hydrogens (tertiary/aromatic N) is 12. The summed E-state index contributed by atoms with van der Waals surface area (Å²) in [6.07, 6.45) is 21.4. The third-order valence-corrected chi connectivity index (χ3v) is 13.9. The van der Waals surface area contributed by atoms with Crippen LogP contribution in [0.25, 0.3) is 45.2 Å². The van der Waals surface area contributed by atoms with E-state index in [1.807, 2.05) is 35.6 Å².